The maximum Gasteiger partial charge on any atom is 0.251 e. The second-order valence-corrected chi connectivity index (χ2v) is 6.51. The zero-order valence-corrected chi connectivity index (χ0v) is 17.0. The monoisotopic (exact) mass is 349 g/mol. The van der Waals surface area contributed by atoms with Gasteiger partial charge in [-0.3, -0.25) is 4.79 Å². The SMILES string of the molecule is CCCCCNCCC.CCc1cc(N)ccc1C(=O)NC(C)CC. The van der Waals surface area contributed by atoms with Crippen LogP contribution in [0.4, 0.5) is 5.69 Å². The predicted octanol–water partition coefficient (Wildman–Crippen LogP) is 4.54. The topological polar surface area (TPSA) is 67.1 Å². The van der Waals surface area contributed by atoms with Crippen molar-refractivity contribution in [2.75, 3.05) is 18.8 Å². The van der Waals surface area contributed by atoms with Gasteiger partial charge >= 0.3 is 0 Å². The van der Waals surface area contributed by atoms with E-state index < -0.39 is 0 Å². The van der Waals surface area contributed by atoms with Crippen LogP contribution in [0.3, 0.4) is 0 Å². The van der Waals surface area contributed by atoms with Crippen LogP contribution in [0.15, 0.2) is 18.2 Å². The number of unbranched alkanes of at least 4 members (excludes halogenated alkanes) is 2. The number of anilines is 1. The third-order valence-electron chi connectivity index (χ3n) is 4.13. The molecule has 1 rings (SSSR count). The first-order valence-electron chi connectivity index (χ1n) is 9.89. The molecule has 144 valence electrons. The molecule has 0 saturated carbocycles. The van der Waals surface area contributed by atoms with Gasteiger partial charge in [0.25, 0.3) is 5.91 Å². The Kier molecular flexibility index (Phi) is 13.8. The van der Waals surface area contributed by atoms with Crippen molar-refractivity contribution in [1.82, 2.24) is 10.6 Å². The molecule has 0 radical (unpaired) electrons. The van der Waals surface area contributed by atoms with E-state index in [1.165, 1.54) is 38.8 Å². The van der Waals surface area contributed by atoms with E-state index >= 15 is 0 Å². The smallest absolute Gasteiger partial charge is 0.251 e. The van der Waals surface area contributed by atoms with Crippen LogP contribution in [0.1, 0.15) is 82.6 Å². The number of nitrogens with two attached hydrogens (primary N) is 1. The Morgan fingerprint density at radius 1 is 1.08 bits per heavy atom. The summed E-state index contributed by atoms with van der Waals surface area (Å²) in [5.74, 6) is -0.00815. The minimum absolute atomic E-state index is 0.00815. The lowest BCUT2D eigenvalue weighted by Crippen LogP contribution is -2.32. The summed E-state index contributed by atoms with van der Waals surface area (Å²) in [4.78, 5) is 12.0. The Bertz CT molecular complexity index is 468. The molecule has 0 spiro atoms. The molecule has 4 nitrogen and oxygen atoms in total. The van der Waals surface area contributed by atoms with E-state index in [9.17, 15) is 4.79 Å². The molecule has 1 aromatic rings. The van der Waals surface area contributed by atoms with Crippen LogP contribution >= 0.6 is 0 Å². The van der Waals surface area contributed by atoms with Gasteiger partial charge in [-0.15, -0.1) is 0 Å². The number of aryl methyl sites for hydroxylation is 1. The summed E-state index contributed by atoms with van der Waals surface area (Å²) in [7, 11) is 0. The summed E-state index contributed by atoms with van der Waals surface area (Å²) >= 11 is 0. The molecular formula is C21H39N3O. The van der Waals surface area contributed by atoms with Gasteiger partial charge in [0.15, 0.2) is 0 Å². The van der Waals surface area contributed by atoms with Crippen molar-refractivity contribution in [3.05, 3.63) is 29.3 Å². The van der Waals surface area contributed by atoms with Gasteiger partial charge in [0.05, 0.1) is 0 Å². The van der Waals surface area contributed by atoms with Gasteiger partial charge in [0.2, 0.25) is 0 Å². The molecule has 0 bridgehead atoms. The maximum atomic E-state index is 12.0. The molecule has 4 N–H and O–H groups in total. The van der Waals surface area contributed by atoms with E-state index in [1.54, 1.807) is 12.1 Å². The van der Waals surface area contributed by atoms with Gasteiger partial charge in [0, 0.05) is 17.3 Å². The van der Waals surface area contributed by atoms with E-state index in [-0.39, 0.29) is 11.9 Å². The first-order chi connectivity index (χ1) is 12.0. The third-order valence-corrected chi connectivity index (χ3v) is 4.13. The summed E-state index contributed by atoms with van der Waals surface area (Å²) in [6.07, 6.45) is 7.05. The number of carbonyl (C=O) groups excluding carboxylic acids is 1. The molecule has 1 atom stereocenters. The lowest BCUT2D eigenvalue weighted by Gasteiger charge is -2.13. The molecule has 4 heteroatoms. The number of carbonyl (C=O) groups is 1. The van der Waals surface area contributed by atoms with Crippen molar-refractivity contribution in [1.29, 1.82) is 0 Å². The number of nitrogens with one attached hydrogen (secondary N) is 2. The zero-order valence-electron chi connectivity index (χ0n) is 17.0. The van der Waals surface area contributed by atoms with Gasteiger partial charge in [-0.05, 0) is 69.5 Å². The van der Waals surface area contributed by atoms with Crippen LogP contribution in [-0.2, 0) is 6.42 Å². The van der Waals surface area contributed by atoms with Gasteiger partial charge in [-0.25, -0.2) is 0 Å². The Morgan fingerprint density at radius 2 is 1.80 bits per heavy atom. The fourth-order valence-electron chi connectivity index (χ4n) is 2.33. The number of hydrogen-bond donors (Lipinski definition) is 3. The van der Waals surface area contributed by atoms with Crippen molar-refractivity contribution >= 4 is 11.6 Å². The third kappa shape index (κ3) is 10.8. The number of amides is 1. The highest BCUT2D eigenvalue weighted by Gasteiger charge is 2.12. The predicted molar refractivity (Wildman–Crippen MR) is 110 cm³/mol. The van der Waals surface area contributed by atoms with Crippen molar-refractivity contribution < 1.29 is 4.79 Å². The molecule has 0 aromatic heterocycles. The molecular weight excluding hydrogens is 310 g/mol. The van der Waals surface area contributed by atoms with E-state index in [4.69, 9.17) is 5.73 Å². The lowest BCUT2D eigenvalue weighted by atomic mass is 10.0. The number of benzene rings is 1. The number of hydrogen-bond acceptors (Lipinski definition) is 3. The molecule has 1 unspecified atom stereocenters. The van der Waals surface area contributed by atoms with Crippen molar-refractivity contribution in [2.45, 2.75) is 79.2 Å². The van der Waals surface area contributed by atoms with Gasteiger partial charge in [-0.2, -0.15) is 0 Å². The van der Waals surface area contributed by atoms with Crippen molar-refractivity contribution in [3.63, 3.8) is 0 Å². The van der Waals surface area contributed by atoms with Crippen molar-refractivity contribution in [2.24, 2.45) is 0 Å². The Labute approximate surface area is 155 Å². The van der Waals surface area contributed by atoms with Gasteiger partial charge < -0.3 is 16.4 Å². The molecule has 0 aliphatic carbocycles. The van der Waals surface area contributed by atoms with Crippen LogP contribution in [0.2, 0.25) is 0 Å². The van der Waals surface area contributed by atoms with E-state index in [1.807, 2.05) is 19.9 Å². The van der Waals surface area contributed by atoms with Crippen molar-refractivity contribution in [3.8, 4) is 0 Å². The van der Waals surface area contributed by atoms with E-state index in [0.29, 0.717) is 5.69 Å². The average Bonchev–Trinajstić information content (AvgIpc) is 2.61. The Balaban J connectivity index is 0.000000547. The largest absolute Gasteiger partial charge is 0.399 e. The van der Waals surface area contributed by atoms with Crippen LogP contribution in [0, 0.1) is 0 Å². The lowest BCUT2D eigenvalue weighted by molar-refractivity contribution is 0.0938. The fourth-order valence-corrected chi connectivity index (χ4v) is 2.33. The molecule has 1 aromatic carbocycles. The van der Waals surface area contributed by atoms with Gasteiger partial charge in [-0.1, -0.05) is 40.5 Å². The van der Waals surface area contributed by atoms with Crippen LogP contribution in [0.25, 0.3) is 0 Å². The molecule has 0 fully saturated rings. The van der Waals surface area contributed by atoms with Crippen LogP contribution in [-0.4, -0.2) is 25.0 Å². The minimum atomic E-state index is -0.00815. The normalized spacial score (nSPS) is 11.4. The Morgan fingerprint density at radius 3 is 2.36 bits per heavy atom. The highest BCUT2D eigenvalue weighted by Crippen LogP contribution is 2.14. The second-order valence-electron chi connectivity index (χ2n) is 6.51. The summed E-state index contributed by atoms with van der Waals surface area (Å²) in [6, 6.07) is 5.64. The van der Waals surface area contributed by atoms with Crippen LogP contribution in [0.5, 0.6) is 0 Å². The molecule has 0 saturated heterocycles. The standard InChI is InChI=1S/C13H20N2O.C8H19N/c1-4-9(3)15-13(16)12-7-6-11(14)8-10(12)5-2;1-3-5-6-8-9-7-4-2/h6-9H,4-5,14H2,1-3H3,(H,15,16);9H,3-8H2,1-2H3. The second kappa shape index (κ2) is 14.8. The first-order valence-corrected chi connectivity index (χ1v) is 9.89. The molecule has 1 amide bonds. The van der Waals surface area contributed by atoms with Crippen LogP contribution < -0.4 is 16.4 Å². The summed E-state index contributed by atoms with van der Waals surface area (Å²) < 4.78 is 0. The summed E-state index contributed by atoms with van der Waals surface area (Å²) in [5, 5.41) is 6.33. The van der Waals surface area contributed by atoms with Gasteiger partial charge in [0.1, 0.15) is 0 Å². The zero-order chi connectivity index (χ0) is 19.1. The summed E-state index contributed by atoms with van der Waals surface area (Å²) in [6.45, 7) is 12.9. The van der Waals surface area contributed by atoms with E-state index in [0.717, 1.165) is 24.0 Å². The molecule has 0 heterocycles. The maximum absolute atomic E-state index is 12.0. The average molecular weight is 350 g/mol. The molecule has 0 aliphatic rings. The van der Waals surface area contributed by atoms with E-state index in [2.05, 4.69) is 31.4 Å². The quantitative estimate of drug-likeness (QED) is 0.429. The highest BCUT2D eigenvalue weighted by atomic mass is 16.1. The fraction of sp³-hybridized carbons (Fsp3) is 0.667. The first kappa shape index (κ1) is 23.4. The molecule has 25 heavy (non-hydrogen) atoms. The number of rotatable bonds is 10. The highest BCUT2D eigenvalue weighted by molar-refractivity contribution is 5.96. The minimum Gasteiger partial charge on any atom is -0.399 e. The Hall–Kier alpha value is -1.55. The number of nitrogen functional groups attached to an aromatic ring is 1. The molecule has 0 aliphatic heterocycles. The summed E-state index contributed by atoms with van der Waals surface area (Å²) in [5.41, 5.74) is 8.14.